The zero-order valence-corrected chi connectivity index (χ0v) is 18.5. The molecular formula is C20H19FN2O6S2. The molecule has 0 aliphatic rings. The Balaban J connectivity index is 1.78. The molecule has 0 saturated heterocycles. The van der Waals surface area contributed by atoms with Gasteiger partial charge in [0.25, 0.3) is 0 Å². The van der Waals surface area contributed by atoms with Gasteiger partial charge in [-0.25, -0.2) is 27.3 Å². The summed E-state index contributed by atoms with van der Waals surface area (Å²) >= 11 is 1.31. The maximum atomic E-state index is 14.1. The number of carbonyl (C=O) groups excluding carboxylic acids is 1. The van der Waals surface area contributed by atoms with Crippen LogP contribution in [-0.2, 0) is 21.4 Å². The van der Waals surface area contributed by atoms with E-state index in [0.717, 1.165) is 18.2 Å². The lowest BCUT2D eigenvalue weighted by molar-refractivity contribution is 0.0462. The fraction of sp³-hybridized carbons (Fsp3) is 0.200. The van der Waals surface area contributed by atoms with Gasteiger partial charge in [0.1, 0.15) is 17.4 Å². The SMILES string of the molecule is CNS(=O)(=O)c1ccc(F)c(C(=O)OCc2csc(-c3cccc(OC)c3OC)n2)c1. The van der Waals surface area contributed by atoms with Crippen molar-refractivity contribution < 1.29 is 31.8 Å². The quantitative estimate of drug-likeness (QED) is 0.508. The summed E-state index contributed by atoms with van der Waals surface area (Å²) in [5.74, 6) is -0.818. The van der Waals surface area contributed by atoms with Gasteiger partial charge in [-0.1, -0.05) is 6.07 Å². The lowest BCUT2D eigenvalue weighted by Crippen LogP contribution is -2.19. The van der Waals surface area contributed by atoms with Crippen LogP contribution in [0.4, 0.5) is 4.39 Å². The first kappa shape index (κ1) is 22.7. The van der Waals surface area contributed by atoms with Gasteiger partial charge in [-0.3, -0.25) is 0 Å². The molecule has 0 bridgehead atoms. The Morgan fingerprint density at radius 2 is 1.97 bits per heavy atom. The van der Waals surface area contributed by atoms with Crippen molar-refractivity contribution in [2.75, 3.05) is 21.3 Å². The Labute approximate surface area is 182 Å². The Hall–Kier alpha value is -3.02. The molecule has 8 nitrogen and oxygen atoms in total. The van der Waals surface area contributed by atoms with E-state index in [2.05, 4.69) is 9.71 Å². The zero-order chi connectivity index (χ0) is 22.6. The van der Waals surface area contributed by atoms with E-state index in [1.807, 2.05) is 6.07 Å². The first-order valence-corrected chi connectivity index (χ1v) is 11.2. The number of nitrogens with zero attached hydrogens (tertiary/aromatic N) is 1. The van der Waals surface area contributed by atoms with Crippen LogP contribution in [0.25, 0.3) is 10.6 Å². The molecule has 0 aliphatic heterocycles. The molecular weight excluding hydrogens is 447 g/mol. The smallest absolute Gasteiger partial charge is 0.341 e. The Bertz CT molecular complexity index is 1210. The van der Waals surface area contributed by atoms with Crippen LogP contribution in [0.3, 0.4) is 0 Å². The number of ether oxygens (including phenoxy) is 3. The average Bonchev–Trinajstić information content (AvgIpc) is 3.25. The van der Waals surface area contributed by atoms with Gasteiger partial charge in [0.2, 0.25) is 10.0 Å². The van der Waals surface area contributed by atoms with E-state index in [4.69, 9.17) is 14.2 Å². The second-order valence-corrected chi connectivity index (χ2v) is 8.86. The molecule has 0 fully saturated rings. The minimum absolute atomic E-state index is 0.218. The number of sulfonamides is 1. The minimum Gasteiger partial charge on any atom is -0.493 e. The first-order chi connectivity index (χ1) is 14.8. The summed E-state index contributed by atoms with van der Waals surface area (Å²) in [7, 11) is 0.436. The lowest BCUT2D eigenvalue weighted by Gasteiger charge is -2.10. The highest BCUT2D eigenvalue weighted by atomic mass is 32.2. The van der Waals surface area contributed by atoms with Crippen LogP contribution in [0.15, 0.2) is 46.7 Å². The van der Waals surface area contributed by atoms with Crippen LogP contribution in [0.2, 0.25) is 0 Å². The molecule has 11 heteroatoms. The number of thiazole rings is 1. The molecule has 2 aromatic carbocycles. The molecule has 0 amide bonds. The van der Waals surface area contributed by atoms with Crippen molar-refractivity contribution in [3.63, 3.8) is 0 Å². The molecule has 0 spiro atoms. The summed E-state index contributed by atoms with van der Waals surface area (Å²) in [6.07, 6.45) is 0. The van der Waals surface area contributed by atoms with E-state index in [9.17, 15) is 17.6 Å². The molecule has 1 heterocycles. The number of carbonyl (C=O) groups is 1. The maximum absolute atomic E-state index is 14.1. The van der Waals surface area contributed by atoms with E-state index in [-0.39, 0.29) is 11.5 Å². The minimum atomic E-state index is -3.84. The van der Waals surface area contributed by atoms with Crippen LogP contribution in [0, 0.1) is 5.82 Å². The number of para-hydroxylation sites is 1. The van der Waals surface area contributed by atoms with Gasteiger partial charge in [-0.2, -0.15) is 0 Å². The van der Waals surface area contributed by atoms with Crippen molar-refractivity contribution in [3.8, 4) is 22.1 Å². The van der Waals surface area contributed by atoms with Crippen molar-refractivity contribution in [2.45, 2.75) is 11.5 Å². The third kappa shape index (κ3) is 4.84. The van der Waals surface area contributed by atoms with Gasteiger partial charge in [-0.15, -0.1) is 11.3 Å². The second kappa shape index (κ2) is 9.41. The number of halogens is 1. The largest absolute Gasteiger partial charge is 0.493 e. The van der Waals surface area contributed by atoms with Crippen molar-refractivity contribution >= 4 is 27.3 Å². The summed E-state index contributed by atoms with van der Waals surface area (Å²) in [4.78, 5) is 16.5. The van der Waals surface area contributed by atoms with E-state index in [1.54, 1.807) is 17.5 Å². The molecule has 0 atom stereocenters. The van der Waals surface area contributed by atoms with Crippen LogP contribution < -0.4 is 14.2 Å². The number of benzene rings is 2. The summed E-state index contributed by atoms with van der Waals surface area (Å²) in [6, 6.07) is 8.27. The van der Waals surface area contributed by atoms with E-state index in [1.165, 1.54) is 32.6 Å². The van der Waals surface area contributed by atoms with Crippen molar-refractivity contribution in [3.05, 3.63) is 58.9 Å². The van der Waals surface area contributed by atoms with Crippen LogP contribution in [-0.4, -0.2) is 40.6 Å². The summed E-state index contributed by atoms with van der Waals surface area (Å²) < 4.78 is 55.8. The maximum Gasteiger partial charge on any atom is 0.341 e. The third-order valence-corrected chi connectivity index (χ3v) is 6.61. The van der Waals surface area contributed by atoms with Crippen LogP contribution in [0.5, 0.6) is 11.5 Å². The van der Waals surface area contributed by atoms with Crippen molar-refractivity contribution in [1.82, 2.24) is 9.71 Å². The molecule has 1 N–H and O–H groups in total. The zero-order valence-electron chi connectivity index (χ0n) is 16.8. The van der Waals surface area contributed by atoms with Gasteiger partial charge in [0.15, 0.2) is 11.5 Å². The summed E-state index contributed by atoms with van der Waals surface area (Å²) in [6.45, 7) is -0.218. The number of hydrogen-bond donors (Lipinski definition) is 1. The first-order valence-electron chi connectivity index (χ1n) is 8.86. The fourth-order valence-electron chi connectivity index (χ4n) is 2.72. The monoisotopic (exact) mass is 466 g/mol. The van der Waals surface area contributed by atoms with Crippen LogP contribution in [0.1, 0.15) is 16.1 Å². The predicted molar refractivity (Wildman–Crippen MR) is 112 cm³/mol. The molecule has 0 radical (unpaired) electrons. The molecule has 0 saturated carbocycles. The normalized spacial score (nSPS) is 11.2. The van der Waals surface area contributed by atoms with Gasteiger partial charge < -0.3 is 14.2 Å². The lowest BCUT2D eigenvalue weighted by atomic mass is 10.2. The number of hydrogen-bond acceptors (Lipinski definition) is 8. The topological polar surface area (TPSA) is 104 Å². The standard InChI is InChI=1S/C20H19FN2O6S2/c1-22-31(25,26)13-7-8-16(21)15(9-13)20(24)29-10-12-11-30-19(23-12)14-5-4-6-17(27-2)18(14)28-3/h4-9,11,22H,10H2,1-3H3. The molecule has 0 unspecified atom stereocenters. The summed E-state index contributed by atoms with van der Waals surface area (Å²) in [5.41, 5.74) is 0.666. The number of methoxy groups -OCH3 is 2. The Kier molecular flexibility index (Phi) is 6.88. The average molecular weight is 467 g/mol. The highest BCUT2D eigenvalue weighted by Gasteiger charge is 2.20. The molecule has 164 valence electrons. The third-order valence-electron chi connectivity index (χ3n) is 4.27. The fourth-order valence-corrected chi connectivity index (χ4v) is 4.30. The van der Waals surface area contributed by atoms with E-state index in [0.29, 0.717) is 27.8 Å². The molecule has 3 aromatic rings. The highest BCUT2D eigenvalue weighted by Crippen LogP contribution is 2.39. The van der Waals surface area contributed by atoms with Crippen molar-refractivity contribution in [2.24, 2.45) is 0 Å². The predicted octanol–water partition coefficient (Wildman–Crippen LogP) is 3.23. The number of nitrogens with one attached hydrogen (secondary N) is 1. The molecule has 31 heavy (non-hydrogen) atoms. The van der Waals surface area contributed by atoms with Gasteiger partial charge in [0.05, 0.1) is 35.9 Å². The van der Waals surface area contributed by atoms with Gasteiger partial charge >= 0.3 is 5.97 Å². The molecule has 0 aliphatic carbocycles. The molecule has 3 rings (SSSR count). The Morgan fingerprint density at radius 3 is 2.65 bits per heavy atom. The second-order valence-electron chi connectivity index (χ2n) is 6.11. The highest BCUT2D eigenvalue weighted by molar-refractivity contribution is 7.89. The number of esters is 1. The van der Waals surface area contributed by atoms with Crippen LogP contribution >= 0.6 is 11.3 Å². The van der Waals surface area contributed by atoms with Gasteiger partial charge in [0, 0.05) is 5.38 Å². The number of rotatable bonds is 8. The molecule has 1 aromatic heterocycles. The van der Waals surface area contributed by atoms with Gasteiger partial charge in [-0.05, 0) is 37.4 Å². The number of aromatic nitrogens is 1. The van der Waals surface area contributed by atoms with E-state index < -0.39 is 27.4 Å². The van der Waals surface area contributed by atoms with Crippen molar-refractivity contribution in [1.29, 1.82) is 0 Å². The summed E-state index contributed by atoms with van der Waals surface area (Å²) in [5, 5.41) is 2.31. The Morgan fingerprint density at radius 1 is 1.19 bits per heavy atom. The van der Waals surface area contributed by atoms with E-state index >= 15 is 0 Å².